The van der Waals surface area contributed by atoms with Crippen LogP contribution in [0.15, 0.2) is 36.4 Å². The molecule has 0 aliphatic carbocycles. The van der Waals surface area contributed by atoms with Crippen molar-refractivity contribution in [2.45, 2.75) is 45.3 Å². The lowest BCUT2D eigenvalue weighted by Crippen LogP contribution is -2.23. The van der Waals surface area contributed by atoms with Crippen molar-refractivity contribution in [3.8, 4) is 23.0 Å². The van der Waals surface area contributed by atoms with Crippen LogP contribution in [0.3, 0.4) is 0 Å². The minimum absolute atomic E-state index is 0.404. The predicted octanol–water partition coefficient (Wildman–Crippen LogP) is 4.01. The fourth-order valence-electron chi connectivity index (χ4n) is 2.96. The number of aliphatic hydroxyl groups excluding tert-OH is 1. The molecule has 30 heavy (non-hydrogen) atoms. The molecule has 164 valence electrons. The van der Waals surface area contributed by atoms with Crippen molar-refractivity contribution in [1.29, 1.82) is 0 Å². The molecule has 0 aliphatic heterocycles. The van der Waals surface area contributed by atoms with Crippen molar-refractivity contribution in [1.82, 2.24) is 0 Å². The summed E-state index contributed by atoms with van der Waals surface area (Å²) >= 11 is 0. The van der Waals surface area contributed by atoms with Gasteiger partial charge in [0.05, 0.1) is 20.3 Å². The van der Waals surface area contributed by atoms with Crippen LogP contribution in [-0.4, -0.2) is 42.6 Å². The molecule has 2 rings (SSSR count). The molecule has 0 saturated heterocycles. The first-order valence-electron chi connectivity index (χ1n) is 9.69. The van der Waals surface area contributed by atoms with Gasteiger partial charge in [0.25, 0.3) is 0 Å². The summed E-state index contributed by atoms with van der Waals surface area (Å²) in [4.78, 5) is 10.7. The maximum absolute atomic E-state index is 10.7. The first-order chi connectivity index (χ1) is 14.1. The molecule has 0 amide bonds. The van der Waals surface area contributed by atoms with Crippen LogP contribution in [0.5, 0.6) is 23.0 Å². The Kier molecular flexibility index (Phi) is 7.94. The van der Waals surface area contributed by atoms with E-state index in [2.05, 4.69) is 0 Å². The molecule has 0 saturated carbocycles. The van der Waals surface area contributed by atoms with Crippen LogP contribution in [0.4, 0.5) is 0 Å². The van der Waals surface area contributed by atoms with Gasteiger partial charge in [-0.25, -0.2) is 4.79 Å². The van der Waals surface area contributed by atoms with Gasteiger partial charge in [-0.1, -0.05) is 12.1 Å². The number of rotatable bonds is 10. The fraction of sp³-hybridized carbons (Fsp3) is 0.435. The SMILES string of the molecule is COc1cc(CC[C@@H](O)c2cccc(OCC(=O)O)c2)cc(OC(C)(C)C)c1OC. The molecule has 2 aromatic carbocycles. The van der Waals surface area contributed by atoms with Gasteiger partial charge in [0.2, 0.25) is 5.75 Å². The van der Waals surface area contributed by atoms with E-state index >= 15 is 0 Å². The molecule has 2 N–H and O–H groups in total. The van der Waals surface area contributed by atoms with Crippen LogP contribution in [-0.2, 0) is 11.2 Å². The summed E-state index contributed by atoms with van der Waals surface area (Å²) in [5.74, 6) is 1.02. The Bertz CT molecular complexity index is 855. The van der Waals surface area contributed by atoms with Gasteiger partial charge in [-0.05, 0) is 69.0 Å². The number of benzene rings is 2. The molecular weight excluding hydrogens is 388 g/mol. The van der Waals surface area contributed by atoms with Crippen LogP contribution in [0, 0.1) is 0 Å². The van der Waals surface area contributed by atoms with Gasteiger partial charge in [0.15, 0.2) is 18.1 Å². The quantitative estimate of drug-likeness (QED) is 0.602. The molecule has 0 unspecified atom stereocenters. The fourth-order valence-corrected chi connectivity index (χ4v) is 2.96. The Hall–Kier alpha value is -2.93. The minimum atomic E-state index is -1.05. The van der Waals surface area contributed by atoms with Gasteiger partial charge < -0.3 is 29.2 Å². The zero-order valence-corrected chi connectivity index (χ0v) is 18.1. The summed E-state index contributed by atoms with van der Waals surface area (Å²) in [6.07, 6.45) is 0.285. The van der Waals surface area contributed by atoms with Gasteiger partial charge in [-0.2, -0.15) is 0 Å². The van der Waals surface area contributed by atoms with E-state index in [-0.39, 0.29) is 0 Å². The number of aliphatic carboxylic acids is 1. The number of aryl methyl sites for hydroxylation is 1. The summed E-state index contributed by atoms with van der Waals surface area (Å²) in [7, 11) is 3.14. The highest BCUT2D eigenvalue weighted by Gasteiger charge is 2.20. The average molecular weight is 418 g/mol. The minimum Gasteiger partial charge on any atom is -0.493 e. The molecule has 0 spiro atoms. The molecule has 7 heteroatoms. The van der Waals surface area contributed by atoms with E-state index in [1.54, 1.807) is 38.5 Å². The number of hydrogen-bond donors (Lipinski definition) is 2. The molecule has 2 aromatic rings. The maximum atomic E-state index is 10.7. The van der Waals surface area contributed by atoms with Gasteiger partial charge in [-0.3, -0.25) is 0 Å². The van der Waals surface area contributed by atoms with Gasteiger partial charge in [0.1, 0.15) is 11.4 Å². The van der Waals surface area contributed by atoms with Gasteiger partial charge >= 0.3 is 5.97 Å². The standard InChI is InChI=1S/C23H30O7/c1-23(2,3)30-20-12-15(11-19(27-4)22(20)28-5)9-10-18(24)16-7-6-8-17(13-16)29-14-21(25)26/h6-8,11-13,18,24H,9-10,14H2,1-5H3,(H,25,26)/t18-/m1/s1. The molecule has 7 nitrogen and oxygen atoms in total. The summed E-state index contributed by atoms with van der Waals surface area (Å²) in [6.45, 7) is 5.43. The number of carboxylic acids is 1. The van der Waals surface area contributed by atoms with Crippen LogP contribution in [0.1, 0.15) is 44.4 Å². The molecule has 0 aromatic heterocycles. The third-order valence-corrected chi connectivity index (χ3v) is 4.23. The van der Waals surface area contributed by atoms with Crippen molar-refractivity contribution in [2.24, 2.45) is 0 Å². The first kappa shape index (κ1) is 23.3. The molecule has 0 heterocycles. The van der Waals surface area contributed by atoms with E-state index in [0.717, 1.165) is 5.56 Å². The second kappa shape index (κ2) is 10.2. The Labute approximate surface area is 177 Å². The summed E-state index contributed by atoms with van der Waals surface area (Å²) in [5.41, 5.74) is 1.18. The van der Waals surface area contributed by atoms with Gasteiger partial charge in [0, 0.05) is 0 Å². The number of aliphatic hydroxyl groups is 1. The Morgan fingerprint density at radius 2 is 1.77 bits per heavy atom. The average Bonchev–Trinajstić information content (AvgIpc) is 2.69. The first-order valence-corrected chi connectivity index (χ1v) is 9.69. The van der Waals surface area contributed by atoms with Crippen LogP contribution in [0.25, 0.3) is 0 Å². The van der Waals surface area contributed by atoms with Crippen molar-refractivity contribution in [3.05, 3.63) is 47.5 Å². The van der Waals surface area contributed by atoms with Crippen molar-refractivity contribution in [3.63, 3.8) is 0 Å². The largest absolute Gasteiger partial charge is 0.493 e. The molecule has 1 atom stereocenters. The Morgan fingerprint density at radius 1 is 1.07 bits per heavy atom. The smallest absolute Gasteiger partial charge is 0.341 e. The Morgan fingerprint density at radius 3 is 2.37 bits per heavy atom. The zero-order valence-electron chi connectivity index (χ0n) is 18.1. The van der Waals surface area contributed by atoms with E-state index in [1.807, 2.05) is 32.9 Å². The molecular formula is C23H30O7. The number of hydrogen-bond acceptors (Lipinski definition) is 6. The molecule has 0 aliphatic rings. The predicted molar refractivity (Wildman–Crippen MR) is 113 cm³/mol. The monoisotopic (exact) mass is 418 g/mol. The topological polar surface area (TPSA) is 94.5 Å². The Balaban J connectivity index is 2.15. The number of carboxylic acid groups (broad SMARTS) is 1. The second-order valence-corrected chi connectivity index (χ2v) is 7.85. The van der Waals surface area contributed by atoms with E-state index in [9.17, 15) is 9.90 Å². The van der Waals surface area contributed by atoms with Crippen LogP contribution in [0.2, 0.25) is 0 Å². The number of carbonyl (C=O) groups is 1. The lowest BCUT2D eigenvalue weighted by molar-refractivity contribution is -0.139. The molecule has 0 fully saturated rings. The van der Waals surface area contributed by atoms with E-state index < -0.39 is 24.3 Å². The summed E-state index contributed by atoms with van der Waals surface area (Å²) in [5, 5.41) is 19.3. The third-order valence-electron chi connectivity index (χ3n) is 4.23. The van der Waals surface area contributed by atoms with E-state index in [0.29, 0.717) is 41.4 Å². The highest BCUT2D eigenvalue weighted by Crippen LogP contribution is 2.40. The van der Waals surface area contributed by atoms with E-state index in [1.165, 1.54) is 0 Å². The lowest BCUT2D eigenvalue weighted by atomic mass is 10.0. The van der Waals surface area contributed by atoms with Crippen LogP contribution < -0.4 is 18.9 Å². The number of methoxy groups -OCH3 is 2. The van der Waals surface area contributed by atoms with Crippen molar-refractivity contribution in [2.75, 3.05) is 20.8 Å². The second-order valence-electron chi connectivity index (χ2n) is 7.85. The number of ether oxygens (including phenoxy) is 4. The summed E-state index contributed by atoms with van der Waals surface area (Å²) < 4.78 is 22.1. The van der Waals surface area contributed by atoms with Crippen molar-refractivity contribution < 1.29 is 34.0 Å². The lowest BCUT2D eigenvalue weighted by Gasteiger charge is -2.24. The summed E-state index contributed by atoms with van der Waals surface area (Å²) in [6, 6.07) is 10.6. The zero-order chi connectivity index (χ0) is 22.3. The van der Waals surface area contributed by atoms with E-state index in [4.69, 9.17) is 24.1 Å². The third kappa shape index (κ3) is 6.84. The highest BCUT2D eigenvalue weighted by atomic mass is 16.5. The normalized spacial score (nSPS) is 12.2. The van der Waals surface area contributed by atoms with Crippen molar-refractivity contribution >= 4 is 5.97 Å². The molecule has 0 bridgehead atoms. The van der Waals surface area contributed by atoms with Gasteiger partial charge in [-0.15, -0.1) is 0 Å². The maximum Gasteiger partial charge on any atom is 0.341 e. The van der Waals surface area contributed by atoms with Crippen LogP contribution >= 0.6 is 0 Å². The highest BCUT2D eigenvalue weighted by molar-refractivity contribution is 5.68. The molecule has 0 radical (unpaired) electrons.